The number of hydrogen-bond acceptors (Lipinski definition) is 2. The van der Waals surface area contributed by atoms with Gasteiger partial charge in [0.05, 0.1) is 6.34 Å². The monoisotopic (exact) mass is 141 g/mol. The van der Waals surface area contributed by atoms with E-state index in [1.807, 2.05) is 11.9 Å². The SMILES string of the molecule is C=NCN(C)/C=N\CCC. The summed E-state index contributed by atoms with van der Waals surface area (Å²) in [5.41, 5.74) is 0. The second kappa shape index (κ2) is 6.26. The first-order valence-corrected chi connectivity index (χ1v) is 3.44. The van der Waals surface area contributed by atoms with Gasteiger partial charge in [0.2, 0.25) is 0 Å². The minimum atomic E-state index is 0.618. The van der Waals surface area contributed by atoms with Gasteiger partial charge in [-0.25, -0.2) is 0 Å². The van der Waals surface area contributed by atoms with Crippen molar-refractivity contribution in [3.63, 3.8) is 0 Å². The highest BCUT2D eigenvalue weighted by Gasteiger charge is 1.83. The Morgan fingerprint density at radius 3 is 2.80 bits per heavy atom. The van der Waals surface area contributed by atoms with Crippen LogP contribution in [-0.2, 0) is 0 Å². The average molecular weight is 141 g/mol. The van der Waals surface area contributed by atoms with Crippen molar-refractivity contribution in [2.45, 2.75) is 13.3 Å². The third-order valence-electron chi connectivity index (χ3n) is 0.955. The summed E-state index contributed by atoms with van der Waals surface area (Å²) < 4.78 is 0. The Balaban J connectivity index is 3.34. The van der Waals surface area contributed by atoms with Crippen molar-refractivity contribution in [3.05, 3.63) is 0 Å². The molecule has 10 heavy (non-hydrogen) atoms. The quantitative estimate of drug-likeness (QED) is 0.415. The third-order valence-corrected chi connectivity index (χ3v) is 0.955. The van der Waals surface area contributed by atoms with Crippen molar-refractivity contribution in [2.24, 2.45) is 9.98 Å². The summed E-state index contributed by atoms with van der Waals surface area (Å²) >= 11 is 0. The number of nitrogens with zero attached hydrogens (tertiary/aromatic N) is 3. The fraction of sp³-hybridized carbons (Fsp3) is 0.714. The van der Waals surface area contributed by atoms with Gasteiger partial charge in [-0.1, -0.05) is 6.92 Å². The molecular weight excluding hydrogens is 126 g/mol. The van der Waals surface area contributed by atoms with Crippen LogP contribution in [0.15, 0.2) is 9.98 Å². The zero-order chi connectivity index (χ0) is 7.82. The summed E-state index contributed by atoms with van der Waals surface area (Å²) in [7, 11) is 1.92. The maximum atomic E-state index is 4.12. The fourth-order valence-electron chi connectivity index (χ4n) is 0.520. The Labute approximate surface area is 62.5 Å². The molecule has 0 aliphatic rings. The molecule has 0 heterocycles. The zero-order valence-electron chi connectivity index (χ0n) is 6.75. The van der Waals surface area contributed by atoms with Crippen molar-refractivity contribution in [3.8, 4) is 0 Å². The molecule has 0 saturated heterocycles. The van der Waals surface area contributed by atoms with Gasteiger partial charge in [-0.3, -0.25) is 9.98 Å². The molecule has 0 radical (unpaired) electrons. The highest BCUT2D eigenvalue weighted by Crippen LogP contribution is 1.79. The maximum Gasteiger partial charge on any atom is 0.109 e. The molecule has 3 heteroatoms. The summed E-state index contributed by atoms with van der Waals surface area (Å²) in [6, 6.07) is 0. The Morgan fingerprint density at radius 2 is 2.30 bits per heavy atom. The van der Waals surface area contributed by atoms with Crippen LogP contribution in [0.5, 0.6) is 0 Å². The van der Waals surface area contributed by atoms with Crippen LogP contribution < -0.4 is 0 Å². The van der Waals surface area contributed by atoms with Gasteiger partial charge in [0, 0.05) is 13.6 Å². The van der Waals surface area contributed by atoms with Gasteiger partial charge in [0.1, 0.15) is 6.67 Å². The standard InChI is InChI=1S/C7H15N3/c1-4-5-9-7-10(3)6-8-2/h7H,2,4-6H2,1,3H3/b9-7-. The van der Waals surface area contributed by atoms with Gasteiger partial charge in [-0.05, 0) is 13.1 Å². The molecule has 0 saturated carbocycles. The molecule has 0 bridgehead atoms. The normalized spacial score (nSPS) is 10.2. The lowest BCUT2D eigenvalue weighted by molar-refractivity contribution is 0.538. The predicted octanol–water partition coefficient (Wildman–Crippen LogP) is 1.01. The first-order chi connectivity index (χ1) is 4.81. The van der Waals surface area contributed by atoms with Crippen LogP contribution in [0.25, 0.3) is 0 Å². The van der Waals surface area contributed by atoms with Gasteiger partial charge in [-0.2, -0.15) is 0 Å². The van der Waals surface area contributed by atoms with E-state index in [2.05, 4.69) is 23.6 Å². The first-order valence-electron chi connectivity index (χ1n) is 3.44. The molecule has 0 aliphatic carbocycles. The molecule has 0 amide bonds. The van der Waals surface area contributed by atoms with E-state index in [1.165, 1.54) is 0 Å². The van der Waals surface area contributed by atoms with E-state index in [9.17, 15) is 0 Å². The lowest BCUT2D eigenvalue weighted by Crippen LogP contribution is -2.15. The second-order valence-electron chi connectivity index (χ2n) is 2.14. The molecular formula is C7H15N3. The van der Waals surface area contributed by atoms with Crippen molar-refractivity contribution >= 4 is 13.1 Å². The Hall–Kier alpha value is -0.860. The van der Waals surface area contributed by atoms with E-state index in [1.54, 1.807) is 6.34 Å². The molecule has 0 aliphatic heterocycles. The average Bonchev–Trinajstić information content (AvgIpc) is 1.89. The summed E-state index contributed by atoms with van der Waals surface area (Å²) in [5.74, 6) is 0. The highest BCUT2D eigenvalue weighted by molar-refractivity contribution is 5.54. The summed E-state index contributed by atoms with van der Waals surface area (Å²) in [5, 5.41) is 0. The Kier molecular flexibility index (Phi) is 5.72. The summed E-state index contributed by atoms with van der Waals surface area (Å²) in [4.78, 5) is 9.71. The van der Waals surface area contributed by atoms with E-state index >= 15 is 0 Å². The van der Waals surface area contributed by atoms with E-state index in [0.29, 0.717) is 6.67 Å². The zero-order valence-corrected chi connectivity index (χ0v) is 6.75. The smallest absolute Gasteiger partial charge is 0.109 e. The van der Waals surface area contributed by atoms with Crippen molar-refractivity contribution in [1.82, 2.24) is 4.90 Å². The van der Waals surface area contributed by atoms with Crippen LogP contribution in [0.1, 0.15) is 13.3 Å². The van der Waals surface area contributed by atoms with Crippen molar-refractivity contribution < 1.29 is 0 Å². The van der Waals surface area contributed by atoms with E-state index < -0.39 is 0 Å². The van der Waals surface area contributed by atoms with E-state index in [4.69, 9.17) is 0 Å². The highest BCUT2D eigenvalue weighted by atomic mass is 15.2. The van der Waals surface area contributed by atoms with Crippen LogP contribution >= 0.6 is 0 Å². The largest absolute Gasteiger partial charge is 0.347 e. The fourth-order valence-corrected chi connectivity index (χ4v) is 0.520. The van der Waals surface area contributed by atoms with E-state index in [-0.39, 0.29) is 0 Å². The molecule has 0 atom stereocenters. The lowest BCUT2D eigenvalue weighted by atomic mass is 10.5. The molecule has 3 nitrogen and oxygen atoms in total. The van der Waals surface area contributed by atoms with Gasteiger partial charge in [0.15, 0.2) is 0 Å². The Morgan fingerprint density at radius 1 is 1.60 bits per heavy atom. The topological polar surface area (TPSA) is 28.0 Å². The molecule has 0 rings (SSSR count). The molecule has 58 valence electrons. The van der Waals surface area contributed by atoms with Crippen LogP contribution in [0, 0.1) is 0 Å². The molecule has 0 aromatic rings. The minimum absolute atomic E-state index is 0.618. The minimum Gasteiger partial charge on any atom is -0.347 e. The molecule has 0 N–H and O–H groups in total. The van der Waals surface area contributed by atoms with Gasteiger partial charge < -0.3 is 4.90 Å². The maximum absolute atomic E-state index is 4.12. The molecule has 0 aromatic heterocycles. The van der Waals surface area contributed by atoms with Crippen molar-refractivity contribution in [2.75, 3.05) is 20.3 Å². The van der Waals surface area contributed by atoms with Crippen LogP contribution in [0.3, 0.4) is 0 Å². The molecule has 0 unspecified atom stereocenters. The summed E-state index contributed by atoms with van der Waals surface area (Å²) in [6.07, 6.45) is 2.88. The molecule has 0 aromatic carbocycles. The summed E-state index contributed by atoms with van der Waals surface area (Å²) in [6.45, 7) is 6.98. The van der Waals surface area contributed by atoms with Crippen LogP contribution in [0.2, 0.25) is 0 Å². The number of rotatable bonds is 5. The van der Waals surface area contributed by atoms with Crippen LogP contribution in [-0.4, -0.2) is 38.2 Å². The predicted molar refractivity (Wildman–Crippen MR) is 45.8 cm³/mol. The number of aliphatic imine (C=N–C) groups is 2. The molecule has 0 fully saturated rings. The third kappa shape index (κ3) is 5.28. The van der Waals surface area contributed by atoms with Gasteiger partial charge in [-0.15, -0.1) is 0 Å². The number of hydrogen-bond donors (Lipinski definition) is 0. The second-order valence-corrected chi connectivity index (χ2v) is 2.14. The Bertz CT molecular complexity index is 109. The van der Waals surface area contributed by atoms with Gasteiger partial charge in [0.25, 0.3) is 0 Å². The van der Waals surface area contributed by atoms with Gasteiger partial charge >= 0.3 is 0 Å². The lowest BCUT2D eigenvalue weighted by Gasteiger charge is -2.07. The first kappa shape index (κ1) is 9.14. The van der Waals surface area contributed by atoms with Crippen molar-refractivity contribution in [1.29, 1.82) is 0 Å². The van der Waals surface area contributed by atoms with Crippen LogP contribution in [0.4, 0.5) is 0 Å². The molecule has 0 spiro atoms. The van der Waals surface area contributed by atoms with E-state index in [0.717, 1.165) is 13.0 Å².